The van der Waals surface area contributed by atoms with Gasteiger partial charge in [-0.2, -0.15) is 0 Å². The molecule has 1 aliphatic rings. The topological polar surface area (TPSA) is 25.8 Å². The maximum atomic E-state index is 6.08. The van der Waals surface area contributed by atoms with Crippen LogP contribution in [0.25, 0.3) is 0 Å². The molecule has 0 atom stereocenters. The van der Waals surface area contributed by atoms with Crippen LogP contribution >= 0.6 is 11.6 Å². The summed E-state index contributed by atoms with van der Waals surface area (Å²) in [7, 11) is 0. The molecule has 0 bridgehead atoms. The lowest BCUT2D eigenvalue weighted by Gasteiger charge is -2.19. The Morgan fingerprint density at radius 1 is 0.933 bits per heavy atom. The van der Waals surface area contributed by atoms with Crippen molar-refractivity contribution in [3.05, 3.63) is 23.2 Å². The molecule has 0 spiro atoms. The highest BCUT2D eigenvalue weighted by atomic mass is 35.5. The van der Waals surface area contributed by atoms with Gasteiger partial charge in [0.25, 0.3) is 0 Å². The monoisotopic (exact) mass is 224 g/mol. The summed E-state index contributed by atoms with van der Waals surface area (Å²) in [6.45, 7) is 0. The molecule has 0 aliphatic heterocycles. The van der Waals surface area contributed by atoms with Crippen LogP contribution < -0.4 is 0 Å². The van der Waals surface area contributed by atoms with Crippen molar-refractivity contribution < 1.29 is 0 Å². The molecule has 1 aliphatic carbocycles. The van der Waals surface area contributed by atoms with Gasteiger partial charge in [0, 0.05) is 18.3 Å². The van der Waals surface area contributed by atoms with Crippen LogP contribution in [-0.2, 0) is 0 Å². The summed E-state index contributed by atoms with van der Waals surface area (Å²) in [6, 6.07) is 0. The van der Waals surface area contributed by atoms with Crippen LogP contribution in [0.5, 0.6) is 0 Å². The molecule has 2 nitrogen and oxygen atoms in total. The Kier molecular flexibility index (Phi) is 3.95. The van der Waals surface area contributed by atoms with Gasteiger partial charge in [-0.15, -0.1) is 0 Å². The third kappa shape index (κ3) is 2.91. The average molecular weight is 225 g/mol. The molecule has 15 heavy (non-hydrogen) atoms. The standard InChI is InChI=1S/C12H17ClN2/c13-12-11(14-8-9-15-12)10-6-4-2-1-3-5-7-10/h8-10H,1-7H2. The quantitative estimate of drug-likeness (QED) is 0.722. The number of nitrogens with zero attached hydrogens (tertiary/aromatic N) is 2. The molecule has 1 saturated carbocycles. The van der Waals surface area contributed by atoms with Crippen molar-refractivity contribution in [2.24, 2.45) is 0 Å². The summed E-state index contributed by atoms with van der Waals surface area (Å²) in [5, 5.41) is 0.600. The molecule has 0 saturated heterocycles. The van der Waals surface area contributed by atoms with Crippen LogP contribution in [-0.4, -0.2) is 9.97 Å². The number of hydrogen-bond donors (Lipinski definition) is 0. The first-order valence-electron chi connectivity index (χ1n) is 5.84. The average Bonchev–Trinajstić information content (AvgIpc) is 2.19. The van der Waals surface area contributed by atoms with Crippen molar-refractivity contribution in [2.45, 2.75) is 50.9 Å². The third-order valence-electron chi connectivity index (χ3n) is 3.17. The summed E-state index contributed by atoms with van der Waals surface area (Å²) in [5.41, 5.74) is 1.01. The summed E-state index contributed by atoms with van der Waals surface area (Å²) >= 11 is 6.08. The molecule has 0 aromatic carbocycles. The van der Waals surface area contributed by atoms with E-state index in [-0.39, 0.29) is 0 Å². The minimum Gasteiger partial charge on any atom is -0.256 e. The van der Waals surface area contributed by atoms with Crippen molar-refractivity contribution in [1.82, 2.24) is 9.97 Å². The molecule has 2 rings (SSSR count). The minimum atomic E-state index is 0.534. The molecule has 1 heterocycles. The van der Waals surface area contributed by atoms with Crippen LogP contribution in [0, 0.1) is 0 Å². The van der Waals surface area contributed by atoms with Crippen LogP contribution in [0.2, 0.25) is 5.15 Å². The van der Waals surface area contributed by atoms with E-state index in [1.165, 1.54) is 44.9 Å². The largest absolute Gasteiger partial charge is 0.256 e. The Hall–Kier alpha value is -0.630. The minimum absolute atomic E-state index is 0.534. The summed E-state index contributed by atoms with van der Waals surface area (Å²) < 4.78 is 0. The molecule has 1 fully saturated rings. The molecule has 0 unspecified atom stereocenters. The number of aromatic nitrogens is 2. The fraction of sp³-hybridized carbons (Fsp3) is 0.667. The molecule has 82 valence electrons. The van der Waals surface area contributed by atoms with Gasteiger partial charge in [-0.1, -0.05) is 43.7 Å². The zero-order chi connectivity index (χ0) is 10.5. The van der Waals surface area contributed by atoms with Crippen LogP contribution in [0.15, 0.2) is 12.4 Å². The van der Waals surface area contributed by atoms with E-state index < -0.39 is 0 Å². The van der Waals surface area contributed by atoms with Gasteiger partial charge < -0.3 is 0 Å². The molecule has 0 radical (unpaired) electrons. The van der Waals surface area contributed by atoms with E-state index in [1.807, 2.05) is 0 Å². The van der Waals surface area contributed by atoms with Crippen molar-refractivity contribution in [3.63, 3.8) is 0 Å². The second-order valence-corrected chi connectivity index (χ2v) is 4.63. The molecule has 3 heteroatoms. The Balaban J connectivity index is 2.10. The first kappa shape index (κ1) is 10.9. The zero-order valence-corrected chi connectivity index (χ0v) is 9.71. The van der Waals surface area contributed by atoms with E-state index in [0.29, 0.717) is 11.1 Å². The fourth-order valence-electron chi connectivity index (χ4n) is 2.34. The van der Waals surface area contributed by atoms with Gasteiger partial charge in [0.15, 0.2) is 5.15 Å². The maximum absolute atomic E-state index is 6.08. The van der Waals surface area contributed by atoms with Crippen molar-refractivity contribution in [1.29, 1.82) is 0 Å². The van der Waals surface area contributed by atoms with Gasteiger partial charge in [0.05, 0.1) is 5.69 Å². The molecular formula is C12H17ClN2. The number of hydrogen-bond acceptors (Lipinski definition) is 2. The molecule has 1 aromatic rings. The number of halogens is 1. The highest BCUT2D eigenvalue weighted by molar-refractivity contribution is 6.30. The fourth-order valence-corrected chi connectivity index (χ4v) is 2.59. The smallest absolute Gasteiger partial charge is 0.150 e. The van der Waals surface area contributed by atoms with Gasteiger partial charge in [0.2, 0.25) is 0 Å². The van der Waals surface area contributed by atoms with Crippen molar-refractivity contribution in [2.75, 3.05) is 0 Å². The first-order chi connectivity index (χ1) is 7.38. The lowest BCUT2D eigenvalue weighted by Crippen LogP contribution is -2.05. The van der Waals surface area contributed by atoms with Gasteiger partial charge >= 0.3 is 0 Å². The highest BCUT2D eigenvalue weighted by Crippen LogP contribution is 2.32. The van der Waals surface area contributed by atoms with E-state index in [9.17, 15) is 0 Å². The summed E-state index contributed by atoms with van der Waals surface area (Å²) in [5.74, 6) is 0.534. The van der Waals surface area contributed by atoms with Crippen molar-refractivity contribution >= 4 is 11.6 Å². The van der Waals surface area contributed by atoms with E-state index in [0.717, 1.165) is 5.69 Å². The molecule has 1 aromatic heterocycles. The molecule has 0 N–H and O–H groups in total. The van der Waals surface area contributed by atoms with E-state index in [2.05, 4.69) is 9.97 Å². The van der Waals surface area contributed by atoms with E-state index in [1.54, 1.807) is 12.4 Å². The second-order valence-electron chi connectivity index (χ2n) is 4.27. The second kappa shape index (κ2) is 5.45. The predicted octanol–water partition coefficient (Wildman–Crippen LogP) is 3.96. The van der Waals surface area contributed by atoms with Gasteiger partial charge in [0.1, 0.15) is 0 Å². The zero-order valence-electron chi connectivity index (χ0n) is 8.95. The SMILES string of the molecule is Clc1nccnc1C1CCCCCCC1. The third-order valence-corrected chi connectivity index (χ3v) is 3.46. The van der Waals surface area contributed by atoms with Gasteiger partial charge in [-0.3, -0.25) is 4.98 Å². The van der Waals surface area contributed by atoms with Gasteiger partial charge in [-0.05, 0) is 12.8 Å². The van der Waals surface area contributed by atoms with Crippen molar-refractivity contribution in [3.8, 4) is 0 Å². The maximum Gasteiger partial charge on any atom is 0.150 e. The summed E-state index contributed by atoms with van der Waals surface area (Å²) in [4.78, 5) is 8.49. The Morgan fingerprint density at radius 2 is 1.53 bits per heavy atom. The van der Waals surface area contributed by atoms with Crippen LogP contribution in [0.1, 0.15) is 56.6 Å². The van der Waals surface area contributed by atoms with Gasteiger partial charge in [-0.25, -0.2) is 4.98 Å². The van der Waals surface area contributed by atoms with Crippen LogP contribution in [0.3, 0.4) is 0 Å². The lowest BCUT2D eigenvalue weighted by molar-refractivity contribution is 0.449. The van der Waals surface area contributed by atoms with E-state index in [4.69, 9.17) is 11.6 Å². The normalized spacial score (nSPS) is 19.5. The first-order valence-corrected chi connectivity index (χ1v) is 6.22. The Bertz CT molecular complexity index is 306. The Labute approximate surface area is 96.1 Å². The summed E-state index contributed by atoms with van der Waals surface area (Å²) in [6.07, 6.45) is 12.6. The molecular weight excluding hydrogens is 208 g/mol. The van der Waals surface area contributed by atoms with Crippen LogP contribution in [0.4, 0.5) is 0 Å². The Morgan fingerprint density at radius 3 is 2.20 bits per heavy atom. The molecule has 0 amide bonds. The predicted molar refractivity (Wildman–Crippen MR) is 62.1 cm³/mol. The number of rotatable bonds is 1. The lowest BCUT2D eigenvalue weighted by atomic mass is 9.89. The van der Waals surface area contributed by atoms with E-state index >= 15 is 0 Å². The highest BCUT2D eigenvalue weighted by Gasteiger charge is 2.17.